The molecule has 2 heteroatoms. The van der Waals surface area contributed by atoms with Crippen LogP contribution in [-0.4, -0.2) is 11.1 Å². The monoisotopic (exact) mass is 188 g/mol. The molecule has 0 bridgehead atoms. The first-order chi connectivity index (χ1) is 6.83. The number of fused-ring (bicyclic) bond motifs is 1. The van der Waals surface area contributed by atoms with Crippen LogP contribution in [0.4, 0.5) is 0 Å². The maximum absolute atomic E-state index is 3.36. The summed E-state index contributed by atoms with van der Waals surface area (Å²) in [5.41, 5.74) is 2.69. The molecule has 0 spiro atoms. The molecule has 1 aromatic carbocycles. The fourth-order valence-electron chi connectivity index (χ4n) is 1.78. The Morgan fingerprint density at radius 2 is 2.14 bits per heavy atom. The van der Waals surface area contributed by atoms with Gasteiger partial charge in [0.25, 0.3) is 0 Å². The highest BCUT2D eigenvalue weighted by Crippen LogP contribution is 2.18. The van der Waals surface area contributed by atoms with E-state index in [1.54, 1.807) is 0 Å². The van der Waals surface area contributed by atoms with Crippen molar-refractivity contribution in [1.29, 1.82) is 0 Å². The predicted octanol–water partition coefficient (Wildman–Crippen LogP) is 2.29. The molecule has 74 valence electrons. The van der Waals surface area contributed by atoms with Crippen LogP contribution in [-0.2, 0) is 13.6 Å². The minimum absolute atomic E-state index is 0.956. The summed E-state index contributed by atoms with van der Waals surface area (Å²) in [4.78, 5) is 0. The van der Waals surface area contributed by atoms with Crippen LogP contribution in [0.1, 0.15) is 12.5 Å². The van der Waals surface area contributed by atoms with E-state index in [9.17, 15) is 0 Å². The summed E-state index contributed by atoms with van der Waals surface area (Å²) in [6, 6.07) is 8.65. The molecule has 14 heavy (non-hydrogen) atoms. The Kier molecular flexibility index (Phi) is 2.55. The minimum atomic E-state index is 0.956. The molecule has 1 aromatic heterocycles. The number of nitrogens with zero attached hydrogens (tertiary/aromatic N) is 1. The molecule has 0 fully saturated rings. The van der Waals surface area contributed by atoms with Crippen LogP contribution >= 0.6 is 0 Å². The Hall–Kier alpha value is -1.28. The number of aryl methyl sites for hydroxylation is 1. The molecule has 2 rings (SSSR count). The number of benzene rings is 1. The average molecular weight is 188 g/mol. The molecule has 0 atom stereocenters. The number of hydrogen-bond donors (Lipinski definition) is 1. The summed E-state index contributed by atoms with van der Waals surface area (Å²) in [5, 5.41) is 4.71. The predicted molar refractivity (Wildman–Crippen MR) is 60.3 cm³/mol. The van der Waals surface area contributed by atoms with Gasteiger partial charge < -0.3 is 9.88 Å². The van der Waals surface area contributed by atoms with Crippen molar-refractivity contribution in [2.45, 2.75) is 13.5 Å². The number of aromatic nitrogens is 1. The second-order valence-electron chi connectivity index (χ2n) is 3.56. The molecular weight excluding hydrogens is 172 g/mol. The Morgan fingerprint density at radius 3 is 2.93 bits per heavy atom. The molecule has 0 aliphatic heterocycles. The zero-order valence-electron chi connectivity index (χ0n) is 8.75. The van der Waals surface area contributed by atoms with Crippen molar-refractivity contribution in [2.75, 3.05) is 6.54 Å². The van der Waals surface area contributed by atoms with Crippen LogP contribution in [0.25, 0.3) is 10.9 Å². The van der Waals surface area contributed by atoms with E-state index in [1.165, 1.54) is 16.5 Å². The number of hydrogen-bond acceptors (Lipinski definition) is 1. The van der Waals surface area contributed by atoms with Crippen LogP contribution in [0.5, 0.6) is 0 Å². The lowest BCUT2D eigenvalue weighted by Gasteiger charge is -2.04. The van der Waals surface area contributed by atoms with E-state index < -0.39 is 0 Å². The fraction of sp³-hybridized carbons (Fsp3) is 0.333. The van der Waals surface area contributed by atoms with Crippen molar-refractivity contribution in [3.8, 4) is 0 Å². The Balaban J connectivity index is 2.44. The van der Waals surface area contributed by atoms with Gasteiger partial charge in [0.2, 0.25) is 0 Å². The normalized spacial score (nSPS) is 11.0. The van der Waals surface area contributed by atoms with E-state index in [-0.39, 0.29) is 0 Å². The third-order valence-corrected chi connectivity index (χ3v) is 2.58. The standard InChI is InChI=1S/C12H16N2/c1-3-13-9-10-5-4-6-12-11(10)7-8-14(12)2/h4-8,13H,3,9H2,1-2H3. The van der Waals surface area contributed by atoms with Gasteiger partial charge in [-0.3, -0.25) is 0 Å². The Morgan fingerprint density at radius 1 is 1.29 bits per heavy atom. The maximum Gasteiger partial charge on any atom is 0.0480 e. The van der Waals surface area contributed by atoms with Gasteiger partial charge in [0.15, 0.2) is 0 Å². The minimum Gasteiger partial charge on any atom is -0.351 e. The molecule has 0 unspecified atom stereocenters. The third-order valence-electron chi connectivity index (χ3n) is 2.58. The van der Waals surface area contributed by atoms with Gasteiger partial charge in [0.1, 0.15) is 0 Å². The van der Waals surface area contributed by atoms with Gasteiger partial charge >= 0.3 is 0 Å². The van der Waals surface area contributed by atoms with E-state index in [2.05, 4.69) is 54.3 Å². The molecular formula is C12H16N2. The van der Waals surface area contributed by atoms with E-state index >= 15 is 0 Å². The van der Waals surface area contributed by atoms with E-state index in [0.29, 0.717) is 0 Å². The smallest absolute Gasteiger partial charge is 0.0480 e. The lowest BCUT2D eigenvalue weighted by atomic mass is 10.1. The van der Waals surface area contributed by atoms with Crippen molar-refractivity contribution >= 4 is 10.9 Å². The SMILES string of the molecule is CCNCc1cccc2c1ccn2C. The molecule has 2 aromatic rings. The Labute approximate surface area is 84.5 Å². The zero-order chi connectivity index (χ0) is 9.97. The molecule has 1 heterocycles. The molecule has 0 radical (unpaired) electrons. The second-order valence-corrected chi connectivity index (χ2v) is 3.56. The summed E-state index contributed by atoms with van der Waals surface area (Å²) in [5.74, 6) is 0. The highest BCUT2D eigenvalue weighted by Gasteiger charge is 2.01. The second kappa shape index (κ2) is 3.84. The lowest BCUT2D eigenvalue weighted by molar-refractivity contribution is 0.730. The largest absolute Gasteiger partial charge is 0.351 e. The summed E-state index contributed by atoms with van der Waals surface area (Å²) < 4.78 is 2.16. The van der Waals surface area contributed by atoms with Crippen molar-refractivity contribution in [2.24, 2.45) is 7.05 Å². The zero-order valence-corrected chi connectivity index (χ0v) is 8.75. The number of rotatable bonds is 3. The van der Waals surface area contributed by atoms with Crippen molar-refractivity contribution in [3.05, 3.63) is 36.0 Å². The summed E-state index contributed by atoms with van der Waals surface area (Å²) in [6.45, 7) is 4.10. The highest BCUT2D eigenvalue weighted by atomic mass is 14.9. The van der Waals surface area contributed by atoms with Crippen LogP contribution in [0.3, 0.4) is 0 Å². The van der Waals surface area contributed by atoms with Crippen molar-refractivity contribution < 1.29 is 0 Å². The summed E-state index contributed by atoms with van der Waals surface area (Å²) in [7, 11) is 2.08. The van der Waals surface area contributed by atoms with Gasteiger partial charge in [-0.05, 0) is 24.2 Å². The third kappa shape index (κ3) is 1.53. The van der Waals surface area contributed by atoms with Crippen LogP contribution in [0.2, 0.25) is 0 Å². The molecule has 0 aliphatic rings. The van der Waals surface area contributed by atoms with Crippen LogP contribution in [0.15, 0.2) is 30.5 Å². The topological polar surface area (TPSA) is 17.0 Å². The maximum atomic E-state index is 3.36. The number of nitrogens with one attached hydrogen (secondary N) is 1. The van der Waals surface area contributed by atoms with Gasteiger partial charge in [-0.2, -0.15) is 0 Å². The summed E-state index contributed by atoms with van der Waals surface area (Å²) >= 11 is 0. The summed E-state index contributed by atoms with van der Waals surface area (Å²) in [6.07, 6.45) is 2.11. The van der Waals surface area contributed by atoms with E-state index in [1.807, 2.05) is 0 Å². The Bertz CT molecular complexity index is 429. The van der Waals surface area contributed by atoms with Crippen molar-refractivity contribution in [3.63, 3.8) is 0 Å². The molecule has 0 aliphatic carbocycles. The fourth-order valence-corrected chi connectivity index (χ4v) is 1.78. The van der Waals surface area contributed by atoms with E-state index in [0.717, 1.165) is 13.1 Å². The van der Waals surface area contributed by atoms with Gasteiger partial charge in [-0.15, -0.1) is 0 Å². The van der Waals surface area contributed by atoms with Gasteiger partial charge in [0, 0.05) is 30.7 Å². The molecule has 2 nitrogen and oxygen atoms in total. The van der Waals surface area contributed by atoms with Gasteiger partial charge in [-0.1, -0.05) is 19.1 Å². The van der Waals surface area contributed by atoms with Crippen LogP contribution in [0, 0.1) is 0 Å². The first-order valence-electron chi connectivity index (χ1n) is 5.06. The van der Waals surface area contributed by atoms with Crippen molar-refractivity contribution in [1.82, 2.24) is 9.88 Å². The van der Waals surface area contributed by atoms with Crippen LogP contribution < -0.4 is 5.32 Å². The molecule has 0 saturated carbocycles. The van der Waals surface area contributed by atoms with Gasteiger partial charge in [0.05, 0.1) is 0 Å². The first-order valence-corrected chi connectivity index (χ1v) is 5.06. The lowest BCUT2D eigenvalue weighted by Crippen LogP contribution is -2.11. The molecule has 1 N–H and O–H groups in total. The molecule has 0 amide bonds. The average Bonchev–Trinajstić information content (AvgIpc) is 2.58. The first kappa shape index (κ1) is 9.28. The quantitative estimate of drug-likeness (QED) is 0.782. The highest BCUT2D eigenvalue weighted by molar-refractivity contribution is 5.83. The molecule has 0 saturated heterocycles. The van der Waals surface area contributed by atoms with E-state index in [4.69, 9.17) is 0 Å². The van der Waals surface area contributed by atoms with Gasteiger partial charge in [-0.25, -0.2) is 0 Å².